The first-order valence-corrected chi connectivity index (χ1v) is 7.46. The summed E-state index contributed by atoms with van der Waals surface area (Å²) in [6, 6.07) is 13.1. The Labute approximate surface area is 130 Å². The second-order valence-corrected chi connectivity index (χ2v) is 5.13. The molecule has 2 rings (SSSR count). The molecule has 0 fully saturated rings. The predicted molar refractivity (Wildman–Crippen MR) is 87.3 cm³/mol. The summed E-state index contributed by atoms with van der Waals surface area (Å²) in [4.78, 5) is 0. The molecule has 112 valence electrons. The average molecular weight is 306 g/mol. The van der Waals surface area contributed by atoms with E-state index in [9.17, 15) is 0 Å². The van der Waals surface area contributed by atoms with Crippen LogP contribution in [0.2, 0.25) is 5.02 Å². The van der Waals surface area contributed by atoms with Crippen LogP contribution in [0.15, 0.2) is 42.5 Å². The number of rotatable bonds is 7. The molecular weight excluding hydrogens is 286 g/mol. The third-order valence-corrected chi connectivity index (χ3v) is 3.47. The molecule has 2 N–H and O–H groups in total. The first kappa shape index (κ1) is 15.5. The molecule has 0 bridgehead atoms. The van der Waals surface area contributed by atoms with Gasteiger partial charge in [-0.2, -0.15) is 0 Å². The summed E-state index contributed by atoms with van der Waals surface area (Å²) >= 11 is 6.07. The van der Waals surface area contributed by atoms with Gasteiger partial charge in [0.2, 0.25) is 0 Å². The minimum Gasteiger partial charge on any atom is -0.493 e. The van der Waals surface area contributed by atoms with Crippen molar-refractivity contribution < 1.29 is 9.47 Å². The number of nitrogen functional groups attached to an aromatic ring is 1. The molecule has 0 saturated heterocycles. The van der Waals surface area contributed by atoms with Crippen molar-refractivity contribution in [2.75, 3.05) is 18.9 Å². The van der Waals surface area contributed by atoms with Crippen molar-refractivity contribution in [3.05, 3.63) is 53.1 Å². The highest BCUT2D eigenvalue weighted by Gasteiger charge is 2.01. The number of halogens is 1. The SMILES string of the molecule is CCc1cc(OCCCOc2ccc(N)cc2)ccc1Cl. The fourth-order valence-corrected chi connectivity index (χ4v) is 2.17. The molecule has 0 atom stereocenters. The normalized spacial score (nSPS) is 10.4. The molecule has 0 heterocycles. The second kappa shape index (κ2) is 7.79. The molecule has 2 aromatic rings. The van der Waals surface area contributed by atoms with Gasteiger partial charge < -0.3 is 15.2 Å². The lowest BCUT2D eigenvalue weighted by molar-refractivity contribution is 0.247. The van der Waals surface area contributed by atoms with Crippen LogP contribution in [0.25, 0.3) is 0 Å². The van der Waals surface area contributed by atoms with Crippen LogP contribution >= 0.6 is 11.6 Å². The third-order valence-electron chi connectivity index (χ3n) is 3.10. The van der Waals surface area contributed by atoms with Gasteiger partial charge in [-0.15, -0.1) is 0 Å². The maximum Gasteiger partial charge on any atom is 0.119 e. The molecule has 0 aliphatic rings. The van der Waals surface area contributed by atoms with E-state index in [4.69, 9.17) is 26.8 Å². The lowest BCUT2D eigenvalue weighted by Crippen LogP contribution is -2.05. The fourth-order valence-electron chi connectivity index (χ4n) is 1.91. The number of hydrogen-bond donors (Lipinski definition) is 1. The van der Waals surface area contributed by atoms with E-state index in [1.807, 2.05) is 42.5 Å². The summed E-state index contributed by atoms with van der Waals surface area (Å²) in [7, 11) is 0. The summed E-state index contributed by atoms with van der Waals surface area (Å²) in [5, 5.41) is 0.788. The van der Waals surface area contributed by atoms with E-state index < -0.39 is 0 Å². The Morgan fingerprint density at radius 1 is 0.952 bits per heavy atom. The molecule has 3 nitrogen and oxygen atoms in total. The Balaban J connectivity index is 1.71. The Kier molecular flexibility index (Phi) is 5.76. The number of aryl methyl sites for hydroxylation is 1. The molecule has 0 saturated carbocycles. The molecule has 0 amide bonds. The molecule has 0 unspecified atom stereocenters. The third kappa shape index (κ3) is 4.87. The van der Waals surface area contributed by atoms with E-state index in [1.165, 1.54) is 0 Å². The summed E-state index contributed by atoms with van der Waals surface area (Å²) in [5.41, 5.74) is 7.46. The Hall–Kier alpha value is -1.87. The van der Waals surface area contributed by atoms with Gasteiger partial charge in [0.05, 0.1) is 13.2 Å². The van der Waals surface area contributed by atoms with Crippen molar-refractivity contribution in [3.8, 4) is 11.5 Å². The second-order valence-electron chi connectivity index (χ2n) is 4.73. The van der Waals surface area contributed by atoms with Crippen molar-refractivity contribution in [3.63, 3.8) is 0 Å². The van der Waals surface area contributed by atoms with E-state index in [1.54, 1.807) is 0 Å². The quantitative estimate of drug-likeness (QED) is 0.611. The van der Waals surface area contributed by atoms with Crippen LogP contribution in [0.4, 0.5) is 5.69 Å². The lowest BCUT2D eigenvalue weighted by atomic mass is 10.1. The highest BCUT2D eigenvalue weighted by molar-refractivity contribution is 6.31. The van der Waals surface area contributed by atoms with Crippen molar-refractivity contribution in [1.29, 1.82) is 0 Å². The smallest absolute Gasteiger partial charge is 0.119 e. The highest BCUT2D eigenvalue weighted by atomic mass is 35.5. The van der Waals surface area contributed by atoms with E-state index in [0.717, 1.165) is 40.6 Å². The van der Waals surface area contributed by atoms with Crippen LogP contribution in [-0.4, -0.2) is 13.2 Å². The van der Waals surface area contributed by atoms with Crippen molar-refractivity contribution >= 4 is 17.3 Å². The largest absolute Gasteiger partial charge is 0.493 e. The Morgan fingerprint density at radius 2 is 1.57 bits per heavy atom. The van der Waals surface area contributed by atoms with E-state index in [0.29, 0.717) is 13.2 Å². The summed E-state index contributed by atoms with van der Waals surface area (Å²) in [5.74, 6) is 1.67. The highest BCUT2D eigenvalue weighted by Crippen LogP contribution is 2.22. The van der Waals surface area contributed by atoms with Crippen molar-refractivity contribution in [2.45, 2.75) is 19.8 Å². The monoisotopic (exact) mass is 305 g/mol. The van der Waals surface area contributed by atoms with Gasteiger partial charge in [0.1, 0.15) is 11.5 Å². The first-order valence-electron chi connectivity index (χ1n) is 7.08. The zero-order chi connectivity index (χ0) is 15.1. The predicted octanol–water partition coefficient (Wildman–Crippen LogP) is 4.33. The van der Waals surface area contributed by atoms with E-state index in [2.05, 4.69) is 6.92 Å². The Bertz CT molecular complexity index is 570. The van der Waals surface area contributed by atoms with E-state index >= 15 is 0 Å². The molecule has 21 heavy (non-hydrogen) atoms. The van der Waals surface area contributed by atoms with Gasteiger partial charge in [-0.05, 0) is 54.4 Å². The average Bonchev–Trinajstić information content (AvgIpc) is 2.50. The topological polar surface area (TPSA) is 44.5 Å². The standard InChI is InChI=1S/C17H20ClNO2/c1-2-13-12-16(8-9-17(13)18)21-11-3-10-20-15-6-4-14(19)5-7-15/h4-9,12H,2-3,10-11,19H2,1H3. The first-order chi connectivity index (χ1) is 10.2. The lowest BCUT2D eigenvalue weighted by Gasteiger charge is -2.09. The molecule has 0 aliphatic carbocycles. The molecule has 0 radical (unpaired) electrons. The number of ether oxygens (including phenoxy) is 2. The van der Waals surface area contributed by atoms with Crippen LogP contribution in [0, 0.1) is 0 Å². The molecule has 0 aromatic heterocycles. The number of anilines is 1. The summed E-state index contributed by atoms with van der Waals surface area (Å²) in [6.07, 6.45) is 1.71. The van der Waals surface area contributed by atoms with Gasteiger partial charge in [0, 0.05) is 17.1 Å². The maximum atomic E-state index is 6.07. The van der Waals surface area contributed by atoms with Crippen LogP contribution in [0.5, 0.6) is 11.5 Å². The van der Waals surface area contributed by atoms with Gasteiger partial charge in [-0.25, -0.2) is 0 Å². The fraction of sp³-hybridized carbons (Fsp3) is 0.294. The van der Waals surface area contributed by atoms with Gasteiger partial charge in [-0.3, -0.25) is 0 Å². The number of benzene rings is 2. The van der Waals surface area contributed by atoms with Crippen LogP contribution in [0.3, 0.4) is 0 Å². The Morgan fingerprint density at radius 3 is 2.24 bits per heavy atom. The zero-order valence-electron chi connectivity index (χ0n) is 12.1. The van der Waals surface area contributed by atoms with Gasteiger partial charge in [0.25, 0.3) is 0 Å². The summed E-state index contributed by atoms with van der Waals surface area (Å²) in [6.45, 7) is 3.29. The van der Waals surface area contributed by atoms with Crippen LogP contribution in [0.1, 0.15) is 18.9 Å². The molecular formula is C17H20ClNO2. The van der Waals surface area contributed by atoms with Crippen LogP contribution in [-0.2, 0) is 6.42 Å². The molecule has 2 aromatic carbocycles. The minimum absolute atomic E-state index is 0.609. The van der Waals surface area contributed by atoms with Crippen molar-refractivity contribution in [1.82, 2.24) is 0 Å². The van der Waals surface area contributed by atoms with Gasteiger partial charge >= 0.3 is 0 Å². The minimum atomic E-state index is 0.609. The van der Waals surface area contributed by atoms with Crippen molar-refractivity contribution in [2.24, 2.45) is 0 Å². The number of hydrogen-bond acceptors (Lipinski definition) is 3. The molecule has 0 spiro atoms. The van der Waals surface area contributed by atoms with Gasteiger partial charge in [-0.1, -0.05) is 18.5 Å². The maximum absolute atomic E-state index is 6.07. The zero-order valence-corrected chi connectivity index (χ0v) is 12.9. The van der Waals surface area contributed by atoms with Gasteiger partial charge in [0.15, 0.2) is 0 Å². The summed E-state index contributed by atoms with van der Waals surface area (Å²) < 4.78 is 11.3. The molecule has 4 heteroatoms. The number of nitrogens with two attached hydrogens (primary N) is 1. The molecule has 0 aliphatic heterocycles. The van der Waals surface area contributed by atoms with E-state index in [-0.39, 0.29) is 0 Å². The van der Waals surface area contributed by atoms with Crippen LogP contribution < -0.4 is 15.2 Å².